The fourth-order valence-electron chi connectivity index (χ4n) is 5.95. The van der Waals surface area contributed by atoms with Crippen LogP contribution in [0.5, 0.6) is 5.75 Å². The number of hydrogen-bond acceptors (Lipinski definition) is 9. The number of nitrogens with one attached hydrogen (secondary N) is 3. The van der Waals surface area contributed by atoms with Crippen LogP contribution >= 0.6 is 0 Å². The topological polar surface area (TPSA) is 147 Å². The van der Waals surface area contributed by atoms with Crippen molar-refractivity contribution in [2.45, 2.75) is 12.8 Å². The molecule has 14 heteroatoms. The van der Waals surface area contributed by atoms with Crippen molar-refractivity contribution in [1.29, 1.82) is 0 Å². The number of fused-ring (bicyclic) bond motifs is 1. The van der Waals surface area contributed by atoms with E-state index in [1.54, 1.807) is 13.1 Å². The fourth-order valence-corrected chi connectivity index (χ4v) is 5.95. The summed E-state index contributed by atoms with van der Waals surface area (Å²) in [6.07, 6.45) is 1.48. The number of methoxy groups -OCH3 is 1. The molecule has 0 radical (unpaired) electrons. The Kier molecular flexibility index (Phi) is 6.53. The first-order valence-electron chi connectivity index (χ1n) is 15.5. The molecule has 226 valence electrons. The number of rotatable bonds is 8. The minimum atomic E-state index is -2.82. The fraction of sp³-hybridized carbons (Fsp3) is 0.448. The highest BCUT2D eigenvalue weighted by atomic mass is 19.1. The lowest BCUT2D eigenvalue weighted by molar-refractivity contribution is -0.117. The van der Waals surface area contributed by atoms with Crippen molar-refractivity contribution in [1.82, 2.24) is 35.1 Å². The molecule has 2 aliphatic heterocycles. The number of ether oxygens (including phenoxy) is 1. The molecule has 13 nitrogen and oxygen atoms in total. The van der Waals surface area contributed by atoms with E-state index in [1.165, 1.54) is 23.9 Å². The van der Waals surface area contributed by atoms with Crippen molar-refractivity contribution < 1.29 is 27.6 Å². The highest BCUT2D eigenvalue weighted by Crippen LogP contribution is 2.40. The lowest BCUT2D eigenvalue weighted by Crippen LogP contribution is -2.33. The van der Waals surface area contributed by atoms with Gasteiger partial charge >= 0.3 is 0 Å². The Morgan fingerprint density at radius 1 is 1.02 bits per heavy atom. The molecule has 3 aliphatic rings. The normalized spacial score (nSPS) is 21.0. The molecule has 1 saturated carbocycles. The van der Waals surface area contributed by atoms with E-state index in [4.69, 9.17) is 8.85 Å². The van der Waals surface area contributed by atoms with E-state index in [9.17, 15) is 14.4 Å². The maximum Gasteiger partial charge on any atom is 0.273 e. The molecule has 3 N–H and O–H groups in total. The quantitative estimate of drug-likeness (QED) is 0.357. The van der Waals surface area contributed by atoms with Gasteiger partial charge in [0, 0.05) is 67.9 Å². The third-order valence-corrected chi connectivity index (χ3v) is 8.18. The second kappa shape index (κ2) is 11.2. The van der Waals surface area contributed by atoms with E-state index in [0.29, 0.717) is 30.6 Å². The van der Waals surface area contributed by atoms with Crippen LogP contribution in [0.15, 0.2) is 24.3 Å². The van der Waals surface area contributed by atoms with Crippen LogP contribution in [-0.4, -0.2) is 94.8 Å². The lowest BCUT2D eigenvalue weighted by atomic mass is 10.0. The number of amides is 3. The summed E-state index contributed by atoms with van der Waals surface area (Å²) >= 11 is 0. The predicted octanol–water partition coefficient (Wildman–Crippen LogP) is 2.11. The number of anilines is 3. The smallest absolute Gasteiger partial charge is 0.273 e. The van der Waals surface area contributed by atoms with Crippen molar-refractivity contribution in [2.75, 3.05) is 57.9 Å². The number of likely N-dealkylation sites (tertiary alicyclic amines) is 2. The van der Waals surface area contributed by atoms with Crippen LogP contribution in [0.3, 0.4) is 0 Å². The average Bonchev–Trinajstić information content (AvgIpc) is 3.52. The number of hydrogen-bond donors (Lipinski definition) is 3. The van der Waals surface area contributed by atoms with Gasteiger partial charge in [-0.25, -0.2) is 4.39 Å². The average molecular weight is 595 g/mol. The maximum absolute atomic E-state index is 15.2. The molecule has 3 aromatic rings. The molecule has 0 bridgehead atoms. The molecule has 4 heterocycles. The molecule has 3 fully saturated rings. The Hall–Kier alpha value is -4.59. The van der Waals surface area contributed by atoms with E-state index >= 15 is 4.39 Å². The molecule has 2 atom stereocenters. The Labute approximate surface area is 252 Å². The van der Waals surface area contributed by atoms with Crippen molar-refractivity contribution in [3.05, 3.63) is 41.5 Å². The minimum absolute atomic E-state index is 0.00556. The van der Waals surface area contributed by atoms with Gasteiger partial charge in [-0.1, -0.05) is 0 Å². The Morgan fingerprint density at radius 2 is 1.77 bits per heavy atom. The molecule has 2 saturated heterocycles. The zero-order chi connectivity index (χ0) is 32.9. The standard InChI is InChI=1S/C29H34FN9O4/c1-31-28(41)25-21(10-24(34-35-25)33-27(40)15-5-6-15)32-22-8-18(30)7-19(26(22)43-4)20-9-23(38(3)36-20)29(42)39-13-16-11-37(2)12-17(16)14-39/h7-10,15-17H,5-6,11-14H2,1-4H3,(H,31,41)(H2,32,33,34,40)/i1D3. The first kappa shape index (κ1) is 25.0. The molecule has 1 aliphatic carbocycles. The van der Waals surface area contributed by atoms with Crippen molar-refractivity contribution in [2.24, 2.45) is 24.8 Å². The molecular formula is C29H34FN9O4. The summed E-state index contributed by atoms with van der Waals surface area (Å²) in [5.74, 6) is -1.36. The van der Waals surface area contributed by atoms with Gasteiger partial charge in [-0.05, 0) is 43.9 Å². The van der Waals surface area contributed by atoms with Crippen LogP contribution in [0.4, 0.5) is 21.6 Å². The van der Waals surface area contributed by atoms with E-state index in [0.717, 1.165) is 32.0 Å². The van der Waals surface area contributed by atoms with E-state index in [2.05, 4.69) is 37.9 Å². The summed E-state index contributed by atoms with van der Waals surface area (Å²) in [5.41, 5.74) is 0.387. The lowest BCUT2D eigenvalue weighted by Gasteiger charge is -2.19. The number of aryl methyl sites for hydroxylation is 1. The monoisotopic (exact) mass is 594 g/mol. The zero-order valence-electron chi connectivity index (χ0n) is 27.0. The number of carbonyl (C=O) groups excluding carboxylic acids is 3. The van der Waals surface area contributed by atoms with E-state index in [1.807, 2.05) is 10.2 Å². The van der Waals surface area contributed by atoms with Crippen LogP contribution in [-0.2, 0) is 11.8 Å². The van der Waals surface area contributed by atoms with Crippen molar-refractivity contribution in [3.8, 4) is 17.0 Å². The summed E-state index contributed by atoms with van der Waals surface area (Å²) in [6.45, 7) is 0.389. The largest absolute Gasteiger partial charge is 0.494 e. The van der Waals surface area contributed by atoms with Gasteiger partial charge < -0.3 is 30.5 Å². The minimum Gasteiger partial charge on any atom is -0.494 e. The van der Waals surface area contributed by atoms with Crippen LogP contribution in [0.1, 0.15) is 37.9 Å². The van der Waals surface area contributed by atoms with Gasteiger partial charge in [-0.2, -0.15) is 5.10 Å². The molecule has 0 spiro atoms. The molecule has 2 unspecified atom stereocenters. The van der Waals surface area contributed by atoms with Crippen LogP contribution in [0.2, 0.25) is 0 Å². The summed E-state index contributed by atoms with van der Waals surface area (Å²) in [5, 5.41) is 19.6. The Morgan fingerprint density at radius 3 is 2.44 bits per heavy atom. The molecule has 43 heavy (non-hydrogen) atoms. The first-order valence-corrected chi connectivity index (χ1v) is 14.0. The first-order chi connectivity index (χ1) is 21.8. The summed E-state index contributed by atoms with van der Waals surface area (Å²) in [7, 11) is 5.09. The second-order valence-electron chi connectivity index (χ2n) is 11.4. The molecule has 1 aromatic carbocycles. The molecular weight excluding hydrogens is 557 g/mol. The van der Waals surface area contributed by atoms with Gasteiger partial charge in [0.1, 0.15) is 11.5 Å². The number of nitrogens with zero attached hydrogens (tertiary/aromatic N) is 6. The summed E-state index contributed by atoms with van der Waals surface area (Å²) < 4.78 is 44.6. The highest BCUT2D eigenvalue weighted by Gasteiger charge is 2.41. The number of aromatic nitrogens is 4. The van der Waals surface area contributed by atoms with Crippen molar-refractivity contribution in [3.63, 3.8) is 0 Å². The number of benzene rings is 1. The van der Waals surface area contributed by atoms with Gasteiger partial charge in [-0.15, -0.1) is 10.2 Å². The SMILES string of the molecule is [2H]C([2H])([2H])NC(=O)c1nnc(NC(=O)C2CC2)cc1Nc1cc(F)cc(-c2cc(C(=O)N3CC4CN(C)CC4C3)n(C)n2)c1OC. The predicted molar refractivity (Wildman–Crippen MR) is 156 cm³/mol. The van der Waals surface area contributed by atoms with Gasteiger partial charge in [0.05, 0.1) is 24.2 Å². The van der Waals surface area contributed by atoms with Gasteiger partial charge in [-0.3, -0.25) is 19.1 Å². The molecule has 6 rings (SSSR count). The Balaban J connectivity index is 1.32. The highest BCUT2D eigenvalue weighted by molar-refractivity contribution is 6.00. The third kappa shape index (κ3) is 5.61. The number of carbonyl (C=O) groups is 3. The molecule has 3 amide bonds. The van der Waals surface area contributed by atoms with Gasteiger partial charge in [0.15, 0.2) is 17.3 Å². The third-order valence-electron chi connectivity index (χ3n) is 8.18. The number of halogens is 1. The van der Waals surface area contributed by atoms with Gasteiger partial charge in [0.2, 0.25) is 5.91 Å². The summed E-state index contributed by atoms with van der Waals surface area (Å²) in [4.78, 5) is 42.9. The zero-order valence-corrected chi connectivity index (χ0v) is 24.0. The van der Waals surface area contributed by atoms with E-state index < -0.39 is 24.4 Å². The van der Waals surface area contributed by atoms with Crippen molar-refractivity contribution >= 4 is 34.9 Å². The van der Waals surface area contributed by atoms with Crippen LogP contribution in [0.25, 0.3) is 11.3 Å². The van der Waals surface area contributed by atoms with Gasteiger partial charge in [0.25, 0.3) is 11.8 Å². The second-order valence-corrected chi connectivity index (χ2v) is 11.4. The summed E-state index contributed by atoms with van der Waals surface area (Å²) in [6, 6.07) is 5.21. The van der Waals surface area contributed by atoms with Crippen LogP contribution < -0.4 is 20.7 Å². The van der Waals surface area contributed by atoms with Crippen LogP contribution in [0, 0.1) is 23.6 Å². The van der Waals surface area contributed by atoms with E-state index in [-0.39, 0.29) is 51.9 Å². The molecule has 2 aromatic heterocycles. The maximum atomic E-state index is 15.2. The Bertz CT molecular complexity index is 1700.